The van der Waals surface area contributed by atoms with Crippen LogP contribution in [0.4, 0.5) is 0 Å². The Hall–Kier alpha value is -3.01. The second-order valence-electron chi connectivity index (χ2n) is 5.26. The minimum atomic E-state index is -0.209. The normalized spacial score (nSPS) is 10.7. The molecule has 3 rings (SSSR count). The largest absolute Gasteiger partial charge is 0.507 e. The molecule has 4 nitrogen and oxygen atoms in total. The minimum absolute atomic E-state index is 0.171. The number of aromatic nitrogens is 1. The molecule has 3 aromatic rings. The molecule has 0 unspecified atom stereocenters. The van der Waals surface area contributed by atoms with E-state index in [0.717, 1.165) is 16.9 Å². The number of nitrogens with one attached hydrogen (secondary N) is 1. The predicted molar refractivity (Wildman–Crippen MR) is 92.1 cm³/mol. The maximum atomic E-state index is 11.9. The number of methoxy groups -OCH3 is 1. The first-order chi connectivity index (χ1) is 11.1. The van der Waals surface area contributed by atoms with Crippen LogP contribution in [0.25, 0.3) is 22.0 Å². The number of rotatable bonds is 4. The van der Waals surface area contributed by atoms with Gasteiger partial charge in [0.25, 0.3) is 0 Å². The molecule has 0 aliphatic carbocycles. The van der Waals surface area contributed by atoms with Crippen molar-refractivity contribution in [3.05, 3.63) is 71.0 Å². The molecule has 0 saturated heterocycles. The lowest BCUT2D eigenvalue weighted by molar-refractivity contribution is 0.415. The van der Waals surface area contributed by atoms with Gasteiger partial charge in [-0.25, -0.2) is 0 Å². The van der Waals surface area contributed by atoms with Crippen LogP contribution in [-0.2, 0) is 6.42 Å². The monoisotopic (exact) mass is 307 g/mol. The molecule has 0 aliphatic rings. The summed E-state index contributed by atoms with van der Waals surface area (Å²) in [7, 11) is 1.60. The zero-order chi connectivity index (χ0) is 16.4. The number of phenols is 1. The van der Waals surface area contributed by atoms with Gasteiger partial charge in [-0.05, 0) is 35.7 Å². The van der Waals surface area contributed by atoms with E-state index < -0.39 is 0 Å². The Morgan fingerprint density at radius 2 is 1.96 bits per heavy atom. The predicted octanol–water partition coefficient (Wildman–Crippen LogP) is 3.64. The molecule has 0 saturated carbocycles. The number of ether oxygens (including phenoxy) is 1. The summed E-state index contributed by atoms with van der Waals surface area (Å²) in [4.78, 5) is 14.7. The highest BCUT2D eigenvalue weighted by Gasteiger charge is 2.13. The van der Waals surface area contributed by atoms with Crippen molar-refractivity contribution in [2.75, 3.05) is 7.11 Å². The number of aromatic amines is 1. The minimum Gasteiger partial charge on any atom is -0.507 e. The molecule has 2 aromatic carbocycles. The van der Waals surface area contributed by atoms with E-state index in [1.807, 2.05) is 30.3 Å². The summed E-state index contributed by atoms with van der Waals surface area (Å²) in [5.41, 5.74) is 2.70. The summed E-state index contributed by atoms with van der Waals surface area (Å²) in [5.74, 6) is 0.906. The van der Waals surface area contributed by atoms with Gasteiger partial charge in [0, 0.05) is 17.0 Å². The van der Waals surface area contributed by atoms with Gasteiger partial charge in [-0.1, -0.05) is 24.3 Å². The summed E-state index contributed by atoms with van der Waals surface area (Å²) in [5, 5.41) is 11.3. The fourth-order valence-corrected chi connectivity index (χ4v) is 2.70. The van der Waals surface area contributed by atoms with Gasteiger partial charge in [-0.2, -0.15) is 0 Å². The molecule has 0 fully saturated rings. The van der Waals surface area contributed by atoms with Gasteiger partial charge in [-0.15, -0.1) is 6.58 Å². The van der Waals surface area contributed by atoms with Gasteiger partial charge in [0.15, 0.2) is 0 Å². The van der Waals surface area contributed by atoms with Crippen molar-refractivity contribution in [2.45, 2.75) is 6.42 Å². The second-order valence-corrected chi connectivity index (χ2v) is 5.26. The summed E-state index contributed by atoms with van der Waals surface area (Å²) in [6.07, 6.45) is 2.29. The Bertz CT molecular complexity index is 924. The van der Waals surface area contributed by atoms with Crippen LogP contribution in [0.5, 0.6) is 11.5 Å². The average Bonchev–Trinajstić information content (AvgIpc) is 2.57. The summed E-state index contributed by atoms with van der Waals surface area (Å²) in [6, 6.07) is 12.5. The van der Waals surface area contributed by atoms with E-state index in [1.165, 1.54) is 6.07 Å². The first-order valence-corrected chi connectivity index (χ1v) is 7.27. The molecule has 23 heavy (non-hydrogen) atoms. The van der Waals surface area contributed by atoms with Gasteiger partial charge < -0.3 is 14.8 Å². The Balaban J connectivity index is 2.31. The van der Waals surface area contributed by atoms with E-state index in [1.54, 1.807) is 19.3 Å². The highest BCUT2D eigenvalue weighted by molar-refractivity contribution is 5.99. The van der Waals surface area contributed by atoms with Crippen molar-refractivity contribution in [1.29, 1.82) is 0 Å². The first kappa shape index (κ1) is 14.9. The van der Waals surface area contributed by atoms with E-state index in [9.17, 15) is 9.90 Å². The van der Waals surface area contributed by atoms with Crippen LogP contribution < -0.4 is 10.3 Å². The van der Waals surface area contributed by atoms with Crippen molar-refractivity contribution in [1.82, 2.24) is 4.98 Å². The molecule has 2 N–H and O–H groups in total. The quantitative estimate of drug-likeness (QED) is 0.723. The Morgan fingerprint density at radius 3 is 2.61 bits per heavy atom. The zero-order valence-corrected chi connectivity index (χ0v) is 12.8. The average molecular weight is 307 g/mol. The number of fused-ring (bicyclic) bond motifs is 1. The lowest BCUT2D eigenvalue weighted by Gasteiger charge is -2.11. The van der Waals surface area contributed by atoms with Crippen molar-refractivity contribution in [2.24, 2.45) is 0 Å². The topological polar surface area (TPSA) is 62.3 Å². The molecule has 0 spiro atoms. The zero-order valence-electron chi connectivity index (χ0n) is 12.8. The Labute approximate surface area is 133 Å². The maximum Gasteiger partial charge on any atom is 0.249 e. The van der Waals surface area contributed by atoms with Crippen LogP contribution in [0.3, 0.4) is 0 Å². The summed E-state index contributed by atoms with van der Waals surface area (Å²) >= 11 is 0. The molecule has 116 valence electrons. The number of benzene rings is 2. The number of pyridine rings is 1. The molecular formula is C19H17NO3. The molecule has 0 bridgehead atoms. The van der Waals surface area contributed by atoms with Gasteiger partial charge in [-0.3, -0.25) is 4.79 Å². The number of H-pyrrole nitrogens is 1. The number of allylic oxidation sites excluding steroid dienone is 1. The van der Waals surface area contributed by atoms with Crippen molar-refractivity contribution >= 4 is 10.9 Å². The summed E-state index contributed by atoms with van der Waals surface area (Å²) in [6.45, 7) is 3.71. The highest BCUT2D eigenvalue weighted by Crippen LogP contribution is 2.36. The number of hydrogen-bond acceptors (Lipinski definition) is 3. The van der Waals surface area contributed by atoms with E-state index in [0.29, 0.717) is 22.9 Å². The van der Waals surface area contributed by atoms with E-state index in [4.69, 9.17) is 4.74 Å². The van der Waals surface area contributed by atoms with Gasteiger partial charge in [0.2, 0.25) is 5.56 Å². The lowest BCUT2D eigenvalue weighted by Crippen LogP contribution is -2.05. The van der Waals surface area contributed by atoms with Gasteiger partial charge in [0.1, 0.15) is 11.5 Å². The van der Waals surface area contributed by atoms with Crippen molar-refractivity contribution in [3.63, 3.8) is 0 Å². The fraction of sp³-hybridized carbons (Fsp3) is 0.105. The molecule has 1 heterocycles. The highest BCUT2D eigenvalue weighted by atomic mass is 16.5. The van der Waals surface area contributed by atoms with E-state index >= 15 is 0 Å². The third-order valence-electron chi connectivity index (χ3n) is 3.83. The molecule has 1 aromatic heterocycles. The second kappa shape index (κ2) is 6.01. The standard InChI is InChI=1S/C19H17NO3/c1-3-4-13-7-10-16-18(19(13)22)15(11-17(21)20-16)12-5-8-14(23-2)9-6-12/h3,5-11,22H,1,4H2,2H3,(H,20,21). The van der Waals surface area contributed by atoms with E-state index in [2.05, 4.69) is 11.6 Å². The van der Waals surface area contributed by atoms with E-state index in [-0.39, 0.29) is 11.3 Å². The molecule has 0 aliphatic heterocycles. The molecular weight excluding hydrogens is 290 g/mol. The van der Waals surface area contributed by atoms with Crippen LogP contribution >= 0.6 is 0 Å². The third-order valence-corrected chi connectivity index (χ3v) is 3.83. The van der Waals surface area contributed by atoms with Crippen LogP contribution in [0.1, 0.15) is 5.56 Å². The van der Waals surface area contributed by atoms with Crippen LogP contribution in [0, 0.1) is 0 Å². The van der Waals surface area contributed by atoms with Crippen molar-refractivity contribution in [3.8, 4) is 22.6 Å². The Kier molecular flexibility index (Phi) is 3.89. The maximum absolute atomic E-state index is 11.9. The van der Waals surface area contributed by atoms with Gasteiger partial charge in [0.05, 0.1) is 12.6 Å². The van der Waals surface area contributed by atoms with Crippen LogP contribution in [0.15, 0.2) is 59.9 Å². The number of phenolic OH excluding ortho intramolecular Hbond substituents is 1. The molecule has 0 radical (unpaired) electrons. The number of hydrogen-bond donors (Lipinski definition) is 2. The van der Waals surface area contributed by atoms with Crippen LogP contribution in [-0.4, -0.2) is 17.2 Å². The van der Waals surface area contributed by atoms with Crippen LogP contribution in [0.2, 0.25) is 0 Å². The van der Waals surface area contributed by atoms with Gasteiger partial charge >= 0.3 is 0 Å². The third kappa shape index (κ3) is 2.71. The summed E-state index contributed by atoms with van der Waals surface area (Å²) < 4.78 is 5.16. The SMILES string of the molecule is C=CCc1ccc2[nH]c(=O)cc(-c3ccc(OC)cc3)c2c1O. The molecule has 4 heteroatoms. The number of aromatic hydroxyl groups is 1. The molecule has 0 amide bonds. The van der Waals surface area contributed by atoms with Crippen molar-refractivity contribution < 1.29 is 9.84 Å². The Morgan fingerprint density at radius 1 is 1.22 bits per heavy atom. The first-order valence-electron chi connectivity index (χ1n) is 7.27. The smallest absolute Gasteiger partial charge is 0.249 e. The fourth-order valence-electron chi connectivity index (χ4n) is 2.70. The molecule has 0 atom stereocenters. The lowest BCUT2D eigenvalue weighted by atomic mass is 9.97.